The van der Waals surface area contributed by atoms with Crippen molar-refractivity contribution in [2.45, 2.75) is 20.3 Å². The third-order valence-corrected chi connectivity index (χ3v) is 7.47. The predicted molar refractivity (Wildman–Crippen MR) is 133 cm³/mol. The largest absolute Gasteiger partial charge is 0.421 e. The van der Waals surface area contributed by atoms with Gasteiger partial charge in [0.05, 0.1) is 17.2 Å². The number of nitrogens with one attached hydrogen (secondary N) is 2. The van der Waals surface area contributed by atoms with E-state index in [4.69, 9.17) is 4.74 Å². The summed E-state index contributed by atoms with van der Waals surface area (Å²) in [5, 5.41) is 10.2. The molecule has 11 heteroatoms. The Kier molecular flexibility index (Phi) is 6.01. The molecule has 9 nitrogen and oxygen atoms in total. The molecule has 1 fully saturated rings. The average Bonchev–Trinajstić information content (AvgIpc) is 3.42. The molecule has 0 saturated carbocycles. The second-order valence-corrected chi connectivity index (χ2v) is 10.9. The summed E-state index contributed by atoms with van der Waals surface area (Å²) in [6, 6.07) is 6.87. The summed E-state index contributed by atoms with van der Waals surface area (Å²) in [4.78, 5) is 10.7. The number of aromatic nitrogens is 4. The molecule has 35 heavy (non-hydrogen) atoms. The fraction of sp³-hybridized carbons (Fsp3) is 0.292. The summed E-state index contributed by atoms with van der Waals surface area (Å²) in [5.74, 6) is 1.02. The van der Waals surface area contributed by atoms with Crippen molar-refractivity contribution in [3.8, 4) is 11.8 Å². The van der Waals surface area contributed by atoms with Gasteiger partial charge in [-0.3, -0.25) is 5.10 Å². The van der Waals surface area contributed by atoms with Crippen LogP contribution in [0.4, 0.5) is 21.8 Å². The van der Waals surface area contributed by atoms with Crippen LogP contribution in [0.25, 0.3) is 12.2 Å². The van der Waals surface area contributed by atoms with Crippen LogP contribution in [0.1, 0.15) is 30.7 Å². The molecule has 0 bridgehead atoms. The number of benzene rings is 1. The van der Waals surface area contributed by atoms with Crippen molar-refractivity contribution < 1.29 is 17.5 Å². The van der Waals surface area contributed by atoms with E-state index in [1.54, 1.807) is 12.1 Å². The van der Waals surface area contributed by atoms with E-state index < -0.39 is 15.7 Å². The molecule has 0 radical (unpaired) electrons. The summed E-state index contributed by atoms with van der Waals surface area (Å²) in [6.45, 7) is 4.45. The van der Waals surface area contributed by atoms with Gasteiger partial charge in [0.15, 0.2) is 27.2 Å². The monoisotopic (exact) mass is 496 g/mol. The molecule has 0 unspecified atom stereocenters. The molecule has 2 N–H and O–H groups in total. The van der Waals surface area contributed by atoms with E-state index >= 15 is 4.39 Å². The van der Waals surface area contributed by atoms with Gasteiger partial charge in [-0.25, -0.2) is 12.8 Å². The molecule has 3 heterocycles. The average molecular weight is 497 g/mol. The van der Waals surface area contributed by atoms with Crippen LogP contribution < -0.4 is 15.0 Å². The highest BCUT2D eigenvalue weighted by molar-refractivity contribution is 7.91. The van der Waals surface area contributed by atoms with E-state index in [-0.39, 0.29) is 23.3 Å². The van der Waals surface area contributed by atoms with Crippen LogP contribution in [-0.2, 0) is 16.3 Å². The van der Waals surface area contributed by atoms with E-state index in [1.165, 1.54) is 0 Å². The molecule has 0 atom stereocenters. The number of nitrogens with zero attached hydrogens (tertiary/aromatic N) is 4. The lowest BCUT2D eigenvalue weighted by molar-refractivity contribution is 0.411. The van der Waals surface area contributed by atoms with Gasteiger partial charge in [-0.1, -0.05) is 23.8 Å². The lowest BCUT2D eigenvalue weighted by Crippen LogP contribution is -2.40. The molecule has 2 aromatic heterocycles. The lowest BCUT2D eigenvalue weighted by Gasteiger charge is -2.28. The van der Waals surface area contributed by atoms with E-state index in [0.29, 0.717) is 42.5 Å². The van der Waals surface area contributed by atoms with Crippen molar-refractivity contribution >= 4 is 39.4 Å². The molecule has 1 aliphatic carbocycles. The van der Waals surface area contributed by atoms with Crippen LogP contribution in [0.15, 0.2) is 35.9 Å². The van der Waals surface area contributed by atoms with Gasteiger partial charge in [0.1, 0.15) is 11.6 Å². The Morgan fingerprint density at radius 2 is 1.97 bits per heavy atom. The fourth-order valence-corrected chi connectivity index (χ4v) is 5.32. The smallest absolute Gasteiger partial charge is 0.326 e. The van der Waals surface area contributed by atoms with Crippen molar-refractivity contribution in [3.05, 3.63) is 58.6 Å². The maximum absolute atomic E-state index is 15.2. The molecular weight excluding hydrogens is 471 g/mol. The number of fused-ring (bicyclic) bond motifs is 1. The predicted octanol–water partition coefficient (Wildman–Crippen LogP) is 4.10. The minimum atomic E-state index is -3.07. The Labute approximate surface area is 202 Å². The number of sulfone groups is 1. The van der Waals surface area contributed by atoms with E-state index in [1.807, 2.05) is 49.1 Å². The zero-order chi connectivity index (χ0) is 24.6. The molecule has 1 saturated heterocycles. The normalized spacial score (nSPS) is 16.9. The highest BCUT2D eigenvalue weighted by atomic mass is 32.2. The first-order valence-electron chi connectivity index (χ1n) is 11.3. The molecule has 3 aromatic rings. The van der Waals surface area contributed by atoms with Gasteiger partial charge in [-0.05, 0) is 38.0 Å². The van der Waals surface area contributed by atoms with Crippen LogP contribution in [-0.4, -0.2) is 53.2 Å². The number of allylic oxidation sites excluding steroid dienone is 2. The SMILES string of the molecule is C/C=C/c1cc(Nc2cc(N3CCS(=O)(=O)CC3)nc(Oc3ccc4c(c3F)C=C(C)C4)n2)n[nH]1. The summed E-state index contributed by atoms with van der Waals surface area (Å²) in [6.07, 6.45) is 6.29. The number of ether oxygens (including phenoxy) is 1. The Hall–Kier alpha value is -3.73. The van der Waals surface area contributed by atoms with Crippen molar-refractivity contribution in [2.75, 3.05) is 34.8 Å². The van der Waals surface area contributed by atoms with Crippen LogP contribution in [0, 0.1) is 5.82 Å². The van der Waals surface area contributed by atoms with Gasteiger partial charge >= 0.3 is 6.01 Å². The second kappa shape index (κ2) is 9.14. The van der Waals surface area contributed by atoms with Gasteiger partial charge in [-0.15, -0.1) is 0 Å². The molecule has 5 rings (SSSR count). The Balaban J connectivity index is 1.47. The van der Waals surface area contributed by atoms with Crippen molar-refractivity contribution in [3.63, 3.8) is 0 Å². The topological polar surface area (TPSA) is 113 Å². The number of aromatic amines is 1. The second-order valence-electron chi connectivity index (χ2n) is 8.59. The molecule has 0 spiro atoms. The summed E-state index contributed by atoms with van der Waals surface area (Å²) >= 11 is 0. The molecule has 2 aliphatic rings. The van der Waals surface area contributed by atoms with Crippen LogP contribution in [0.3, 0.4) is 0 Å². The van der Waals surface area contributed by atoms with Crippen molar-refractivity contribution in [1.82, 2.24) is 20.2 Å². The first kappa shape index (κ1) is 23.0. The summed E-state index contributed by atoms with van der Waals surface area (Å²) in [5.41, 5.74) is 3.32. The maximum Gasteiger partial charge on any atom is 0.326 e. The van der Waals surface area contributed by atoms with E-state index in [2.05, 4.69) is 25.5 Å². The molecular formula is C24H25FN6O3S. The lowest BCUT2D eigenvalue weighted by atomic mass is 10.1. The standard InChI is InChI=1S/C24H25FN6O3S/c1-3-4-17-13-21(30-29-17)26-20-14-22(31-7-9-35(32,33)10-8-31)28-24(27-20)34-19-6-5-16-11-15(2)12-18(16)23(19)25/h3-6,12-14H,7-11H2,1-2H3,(H2,26,27,28,29,30)/b4-3+. The van der Waals surface area contributed by atoms with Crippen LogP contribution >= 0.6 is 0 Å². The van der Waals surface area contributed by atoms with E-state index in [9.17, 15) is 8.42 Å². The van der Waals surface area contributed by atoms with Gasteiger partial charge in [0.2, 0.25) is 0 Å². The first-order chi connectivity index (χ1) is 16.8. The molecule has 182 valence electrons. The van der Waals surface area contributed by atoms with Crippen molar-refractivity contribution in [2.24, 2.45) is 0 Å². The highest BCUT2D eigenvalue weighted by Gasteiger charge is 2.24. The Morgan fingerprint density at radius 1 is 1.17 bits per heavy atom. The zero-order valence-electron chi connectivity index (χ0n) is 19.4. The van der Waals surface area contributed by atoms with Gasteiger partial charge in [0, 0.05) is 30.8 Å². The fourth-order valence-electron chi connectivity index (χ4n) is 4.12. The molecule has 0 amide bonds. The minimum absolute atomic E-state index is 0.0224. The number of rotatable bonds is 6. The summed E-state index contributed by atoms with van der Waals surface area (Å²) in [7, 11) is -3.07. The first-order valence-corrected chi connectivity index (χ1v) is 13.1. The molecule has 1 aromatic carbocycles. The number of anilines is 3. The Morgan fingerprint density at radius 3 is 2.74 bits per heavy atom. The van der Waals surface area contributed by atoms with Crippen molar-refractivity contribution in [1.29, 1.82) is 0 Å². The maximum atomic E-state index is 15.2. The van der Waals surface area contributed by atoms with Gasteiger partial charge < -0.3 is 15.0 Å². The number of H-pyrrole nitrogens is 1. The van der Waals surface area contributed by atoms with Gasteiger partial charge in [0.25, 0.3) is 0 Å². The van der Waals surface area contributed by atoms with Crippen LogP contribution in [0.2, 0.25) is 0 Å². The number of hydrogen-bond donors (Lipinski definition) is 2. The highest BCUT2D eigenvalue weighted by Crippen LogP contribution is 2.34. The van der Waals surface area contributed by atoms with E-state index in [0.717, 1.165) is 16.8 Å². The third kappa shape index (κ3) is 5.04. The quantitative estimate of drug-likeness (QED) is 0.524. The Bertz CT molecular complexity index is 1430. The van der Waals surface area contributed by atoms with Gasteiger partial charge in [-0.2, -0.15) is 15.1 Å². The number of halogens is 1. The zero-order valence-corrected chi connectivity index (χ0v) is 20.2. The minimum Gasteiger partial charge on any atom is -0.421 e. The van der Waals surface area contributed by atoms with Crippen LogP contribution in [0.5, 0.6) is 11.8 Å². The number of hydrogen-bond acceptors (Lipinski definition) is 8. The third-order valence-electron chi connectivity index (χ3n) is 5.86. The summed E-state index contributed by atoms with van der Waals surface area (Å²) < 4.78 is 44.8. The molecule has 1 aliphatic heterocycles.